The van der Waals surface area contributed by atoms with Gasteiger partial charge >= 0.3 is 5.97 Å². The Hall–Kier alpha value is -1.20. The number of halogens is 1. The summed E-state index contributed by atoms with van der Waals surface area (Å²) in [5.41, 5.74) is 1.85. The van der Waals surface area contributed by atoms with Crippen molar-refractivity contribution in [1.29, 1.82) is 0 Å². The van der Waals surface area contributed by atoms with Gasteiger partial charge in [-0.15, -0.1) is 11.3 Å². The van der Waals surface area contributed by atoms with Gasteiger partial charge in [0.05, 0.1) is 12.3 Å². The Balaban J connectivity index is 2.42. The van der Waals surface area contributed by atoms with E-state index in [1.807, 2.05) is 31.2 Å². The number of carbonyl (C=O) groups excluding carboxylic acids is 1. The van der Waals surface area contributed by atoms with Crippen LogP contribution in [0.1, 0.15) is 36.1 Å². The van der Waals surface area contributed by atoms with Crippen LogP contribution in [-0.4, -0.2) is 17.6 Å². The van der Waals surface area contributed by atoms with Gasteiger partial charge in [0.2, 0.25) is 0 Å². The van der Waals surface area contributed by atoms with Crippen LogP contribution in [0.15, 0.2) is 28.7 Å². The number of benzene rings is 1. The summed E-state index contributed by atoms with van der Waals surface area (Å²) >= 11 is 4.87. The van der Waals surface area contributed by atoms with Crippen molar-refractivity contribution in [3.8, 4) is 10.6 Å². The van der Waals surface area contributed by atoms with Crippen molar-refractivity contribution in [1.82, 2.24) is 4.98 Å². The summed E-state index contributed by atoms with van der Waals surface area (Å²) in [5.74, 6) is 0.169. The largest absolute Gasteiger partial charge is 0.462 e. The van der Waals surface area contributed by atoms with E-state index >= 15 is 0 Å². The van der Waals surface area contributed by atoms with Gasteiger partial charge in [0.15, 0.2) is 0 Å². The Labute approximate surface area is 137 Å². The Bertz CT molecular complexity index is 637. The highest BCUT2D eigenvalue weighted by molar-refractivity contribution is 9.10. The number of ether oxygens (including phenoxy) is 1. The third kappa shape index (κ3) is 4.14. The Morgan fingerprint density at radius 1 is 1.43 bits per heavy atom. The smallest absolute Gasteiger partial charge is 0.350 e. The maximum absolute atomic E-state index is 12.1. The Morgan fingerprint density at radius 2 is 2.19 bits per heavy atom. The first-order valence-electron chi connectivity index (χ1n) is 6.94. The standard InChI is InChI=1S/C16H18BrNO2S/c1-4-20-16(19)14-13(8-10(2)3)18-15(21-14)11-6-5-7-12(17)9-11/h5-7,9-10H,4,8H2,1-3H3. The highest BCUT2D eigenvalue weighted by atomic mass is 79.9. The third-order valence-corrected chi connectivity index (χ3v) is 4.45. The van der Waals surface area contributed by atoms with Crippen molar-refractivity contribution < 1.29 is 9.53 Å². The molecule has 1 aromatic carbocycles. The lowest BCUT2D eigenvalue weighted by atomic mass is 10.1. The van der Waals surface area contributed by atoms with Crippen molar-refractivity contribution in [3.63, 3.8) is 0 Å². The predicted molar refractivity (Wildman–Crippen MR) is 89.7 cm³/mol. The molecule has 3 nitrogen and oxygen atoms in total. The van der Waals surface area contributed by atoms with E-state index in [0.717, 1.165) is 27.2 Å². The number of carbonyl (C=O) groups is 1. The first-order valence-corrected chi connectivity index (χ1v) is 8.55. The molecule has 1 heterocycles. The van der Waals surface area contributed by atoms with Crippen molar-refractivity contribution in [3.05, 3.63) is 39.3 Å². The molecule has 0 bridgehead atoms. The average molecular weight is 368 g/mol. The van der Waals surface area contributed by atoms with Crippen molar-refractivity contribution in [2.24, 2.45) is 5.92 Å². The molecule has 0 saturated heterocycles. The summed E-state index contributed by atoms with van der Waals surface area (Å²) in [5, 5.41) is 0.856. The molecule has 0 aliphatic carbocycles. The zero-order valence-electron chi connectivity index (χ0n) is 12.4. The molecule has 0 amide bonds. The lowest BCUT2D eigenvalue weighted by Gasteiger charge is -2.04. The minimum atomic E-state index is -0.271. The number of aromatic nitrogens is 1. The maximum atomic E-state index is 12.1. The fourth-order valence-electron chi connectivity index (χ4n) is 1.98. The molecule has 112 valence electrons. The van der Waals surface area contributed by atoms with Crippen molar-refractivity contribution >= 4 is 33.2 Å². The van der Waals surface area contributed by atoms with Crippen LogP contribution in [0.25, 0.3) is 10.6 Å². The molecule has 0 unspecified atom stereocenters. The van der Waals surface area contributed by atoms with E-state index in [0.29, 0.717) is 17.4 Å². The quantitative estimate of drug-likeness (QED) is 0.701. The lowest BCUT2D eigenvalue weighted by Crippen LogP contribution is -2.07. The van der Waals surface area contributed by atoms with E-state index in [1.165, 1.54) is 11.3 Å². The molecule has 2 rings (SSSR count). The topological polar surface area (TPSA) is 39.2 Å². The van der Waals surface area contributed by atoms with E-state index in [1.54, 1.807) is 0 Å². The van der Waals surface area contributed by atoms with E-state index in [-0.39, 0.29) is 5.97 Å². The van der Waals surface area contributed by atoms with Gasteiger partial charge < -0.3 is 4.74 Å². The molecule has 2 aromatic rings. The van der Waals surface area contributed by atoms with Gasteiger partial charge in [-0.2, -0.15) is 0 Å². The number of hydrogen-bond acceptors (Lipinski definition) is 4. The lowest BCUT2D eigenvalue weighted by molar-refractivity contribution is 0.0530. The molecule has 0 atom stereocenters. The second kappa shape index (κ2) is 7.18. The zero-order valence-corrected chi connectivity index (χ0v) is 14.8. The van der Waals surface area contributed by atoms with E-state index < -0.39 is 0 Å². The fourth-order valence-corrected chi connectivity index (χ4v) is 3.36. The molecule has 5 heteroatoms. The molecule has 1 aromatic heterocycles. The molecule has 0 fully saturated rings. The normalized spacial score (nSPS) is 10.9. The van der Waals surface area contributed by atoms with Gasteiger partial charge in [-0.3, -0.25) is 0 Å². The van der Waals surface area contributed by atoms with Crippen molar-refractivity contribution in [2.45, 2.75) is 27.2 Å². The van der Waals surface area contributed by atoms with Crippen LogP contribution >= 0.6 is 27.3 Å². The number of esters is 1. The number of nitrogens with zero attached hydrogens (tertiary/aromatic N) is 1. The second-order valence-corrected chi connectivity index (χ2v) is 7.04. The molecule has 0 spiro atoms. The van der Waals surface area contributed by atoms with Crippen LogP contribution in [-0.2, 0) is 11.2 Å². The molecule has 0 saturated carbocycles. The number of hydrogen-bond donors (Lipinski definition) is 0. The third-order valence-electron chi connectivity index (χ3n) is 2.83. The molecule has 0 aliphatic rings. The van der Waals surface area contributed by atoms with Crippen LogP contribution in [0.3, 0.4) is 0 Å². The van der Waals surface area contributed by atoms with Crippen LogP contribution in [0.4, 0.5) is 0 Å². The first kappa shape index (κ1) is 16.2. The molecule has 21 heavy (non-hydrogen) atoms. The van der Waals surface area contributed by atoms with Gasteiger partial charge in [0.25, 0.3) is 0 Å². The minimum absolute atomic E-state index is 0.271. The minimum Gasteiger partial charge on any atom is -0.462 e. The van der Waals surface area contributed by atoms with Crippen LogP contribution < -0.4 is 0 Å². The van der Waals surface area contributed by atoms with Gasteiger partial charge in [-0.05, 0) is 31.4 Å². The van der Waals surface area contributed by atoms with Crippen LogP contribution in [0.2, 0.25) is 0 Å². The summed E-state index contributed by atoms with van der Waals surface area (Å²) in [6.45, 7) is 6.43. The summed E-state index contributed by atoms with van der Waals surface area (Å²) < 4.78 is 6.14. The summed E-state index contributed by atoms with van der Waals surface area (Å²) in [6, 6.07) is 7.94. The monoisotopic (exact) mass is 367 g/mol. The van der Waals surface area contributed by atoms with E-state index in [9.17, 15) is 4.79 Å². The van der Waals surface area contributed by atoms with Gasteiger partial charge in [-0.1, -0.05) is 41.9 Å². The van der Waals surface area contributed by atoms with E-state index in [2.05, 4.69) is 34.8 Å². The molecule has 0 aliphatic heterocycles. The molecule has 0 N–H and O–H groups in total. The summed E-state index contributed by atoms with van der Waals surface area (Å²) in [4.78, 5) is 17.4. The number of rotatable bonds is 5. The van der Waals surface area contributed by atoms with Crippen LogP contribution in [0, 0.1) is 5.92 Å². The van der Waals surface area contributed by atoms with Gasteiger partial charge in [-0.25, -0.2) is 9.78 Å². The average Bonchev–Trinajstić information content (AvgIpc) is 2.82. The maximum Gasteiger partial charge on any atom is 0.350 e. The Morgan fingerprint density at radius 3 is 2.81 bits per heavy atom. The molecule has 0 radical (unpaired) electrons. The van der Waals surface area contributed by atoms with Crippen molar-refractivity contribution in [2.75, 3.05) is 6.61 Å². The van der Waals surface area contributed by atoms with Crippen LogP contribution in [0.5, 0.6) is 0 Å². The van der Waals surface area contributed by atoms with Gasteiger partial charge in [0, 0.05) is 10.0 Å². The van der Waals surface area contributed by atoms with Gasteiger partial charge in [0.1, 0.15) is 9.88 Å². The highest BCUT2D eigenvalue weighted by Crippen LogP contribution is 2.31. The fraction of sp³-hybridized carbons (Fsp3) is 0.375. The molecular weight excluding hydrogens is 350 g/mol. The number of thiazole rings is 1. The predicted octanol–water partition coefficient (Wildman–Crippen LogP) is 4.95. The zero-order chi connectivity index (χ0) is 15.4. The Kier molecular flexibility index (Phi) is 5.53. The first-order chi connectivity index (χ1) is 10.0. The SMILES string of the molecule is CCOC(=O)c1sc(-c2cccc(Br)c2)nc1CC(C)C. The molecular formula is C16H18BrNO2S. The second-order valence-electron chi connectivity index (χ2n) is 5.12. The summed E-state index contributed by atoms with van der Waals surface area (Å²) in [7, 11) is 0. The van der Waals surface area contributed by atoms with E-state index in [4.69, 9.17) is 4.74 Å². The highest BCUT2D eigenvalue weighted by Gasteiger charge is 2.20. The summed E-state index contributed by atoms with van der Waals surface area (Å²) in [6.07, 6.45) is 0.776.